The number of carbonyl (C=O) groups is 2. The number of aryl methyl sites for hydroxylation is 4. The number of pyridine rings is 2. The van der Waals surface area contributed by atoms with Crippen LogP contribution in [0.4, 0.5) is 0 Å². The molecule has 0 amide bonds. The van der Waals surface area contributed by atoms with Crippen molar-refractivity contribution in [3.63, 3.8) is 0 Å². The average Bonchev–Trinajstić information content (AvgIpc) is 3.93. The van der Waals surface area contributed by atoms with Crippen molar-refractivity contribution in [3.8, 4) is 43.4 Å². The number of aliphatic hydroxyl groups excluding tert-OH is 2. The van der Waals surface area contributed by atoms with Crippen molar-refractivity contribution in [2.24, 2.45) is 0 Å². The molecule has 0 unspecified atom stereocenters. The van der Waals surface area contributed by atoms with Gasteiger partial charge in [-0.3, -0.25) is 9.59 Å². The molecule has 2 radical (unpaired) electrons. The van der Waals surface area contributed by atoms with E-state index in [0.717, 1.165) is 33.6 Å². The second-order valence-electron chi connectivity index (χ2n) is 26.7. The zero-order valence-electron chi connectivity index (χ0n) is 52.9. The maximum atomic E-state index is 10.0. The number of fused-ring (bicyclic) bond motifs is 2. The van der Waals surface area contributed by atoms with Crippen LogP contribution in [0.5, 0.6) is 0 Å². The van der Waals surface area contributed by atoms with Gasteiger partial charge in [0.05, 0.1) is 20.9 Å². The van der Waals surface area contributed by atoms with E-state index in [1.165, 1.54) is 120 Å². The Balaban J connectivity index is 0.000000342. The van der Waals surface area contributed by atoms with Crippen LogP contribution in [0.25, 0.3) is 63.6 Å². The number of ketones is 2. The molecule has 0 aliphatic carbocycles. The van der Waals surface area contributed by atoms with Crippen LogP contribution in [0.2, 0.25) is 0 Å². The summed E-state index contributed by atoms with van der Waals surface area (Å²) in [6.07, 6.45) is 6.39. The molecule has 4 aromatic carbocycles. The Morgan fingerprint density at radius 2 is 0.756 bits per heavy atom. The summed E-state index contributed by atoms with van der Waals surface area (Å²) < 4.78 is 2.45. The van der Waals surface area contributed by atoms with E-state index in [0.29, 0.717) is 0 Å². The third kappa shape index (κ3) is 20.0. The number of aromatic nitrogens is 2. The minimum atomic E-state index is -0.125. The van der Waals surface area contributed by atoms with Crippen molar-refractivity contribution < 1.29 is 60.0 Å². The first-order valence-electron chi connectivity index (χ1n) is 27.6. The molecule has 6 nitrogen and oxygen atoms in total. The minimum absolute atomic E-state index is 0. The maximum Gasteiger partial charge on any atom is 0.155 e. The van der Waals surface area contributed by atoms with Gasteiger partial charge in [0.1, 0.15) is 0 Å². The topological polar surface area (TPSA) is 100 Å². The third-order valence-corrected chi connectivity index (χ3v) is 15.8. The van der Waals surface area contributed by atoms with Crippen LogP contribution in [-0.4, -0.2) is 31.7 Å². The number of hydrogen-bond acceptors (Lipinski definition) is 8. The van der Waals surface area contributed by atoms with Crippen LogP contribution < -0.4 is 0 Å². The SMILES string of the molecule is CC(=O)C=C(C)O.CC(=O)C=C(C)O.Cc1[c-]c(-c2cc3cc(-c4c(C)cc(C(C)(C)C)cc4C)sc3cn2)cc(C(C)(C)C)c1.Cc1[c-]c(-c2cc3cc(-c4cc(C(C)(C)C)cc(C(C)(C)C)c4)sc3cn2)cc(C(C)(C)C)c1.[Ir].[Ir]. The molecule has 4 heterocycles. The normalized spacial score (nSPS) is 12.2. The number of thiophene rings is 2. The van der Waals surface area contributed by atoms with Crippen molar-refractivity contribution in [1.82, 2.24) is 9.97 Å². The molecular formula is C72H88Ir2N2O4S2-2. The number of hydrogen-bond donors (Lipinski definition) is 2. The van der Waals surface area contributed by atoms with E-state index in [-0.39, 0.29) is 90.4 Å². The summed E-state index contributed by atoms with van der Waals surface area (Å²) in [5, 5.41) is 19.2. The van der Waals surface area contributed by atoms with E-state index in [2.05, 4.69) is 223 Å². The molecule has 10 heteroatoms. The van der Waals surface area contributed by atoms with E-state index in [1.54, 1.807) is 0 Å². The van der Waals surface area contributed by atoms with Gasteiger partial charge in [-0.15, -0.1) is 92.5 Å². The predicted octanol–water partition coefficient (Wildman–Crippen LogP) is 20.7. The first-order chi connectivity index (χ1) is 36.7. The standard InChI is InChI=1S/C32H38NS.C30H34NS.2C5H8O2.2Ir/c1-20-11-21(13-24(12-20)30(2,3)4)27-16-23-17-28(34-29(23)19-33-27)22-14-25(31(5,6)7)18-26(15-22)32(8,9)10;1-18-10-21(14-23(11-18)29(4,5)6)25-15-22-16-26(32-27(22)17-31-25)28-19(2)12-24(13-20(28)3)30(7,8)9;2*1-4(6)3-5(2)7;;/h12-19H,1-10H3;11-17H,1-9H3;2*3,6H,1-2H3;;/q2*-1;;;;. The Morgan fingerprint density at radius 1 is 0.439 bits per heavy atom. The molecule has 82 heavy (non-hydrogen) atoms. The van der Waals surface area contributed by atoms with Crippen molar-refractivity contribution in [2.45, 2.75) is 186 Å². The van der Waals surface area contributed by atoms with Gasteiger partial charge in [-0.2, -0.15) is 0 Å². The molecule has 4 aromatic heterocycles. The summed E-state index contributed by atoms with van der Waals surface area (Å²) in [6, 6.07) is 37.0. The smallest absolute Gasteiger partial charge is 0.155 e. The van der Waals surface area contributed by atoms with Gasteiger partial charge < -0.3 is 20.2 Å². The molecule has 2 N–H and O–H groups in total. The van der Waals surface area contributed by atoms with Gasteiger partial charge in [0.15, 0.2) is 11.6 Å². The van der Waals surface area contributed by atoms with E-state index in [4.69, 9.17) is 20.2 Å². The Hall–Kier alpha value is -5.18. The Kier molecular flexibility index (Phi) is 24.4. The summed E-state index contributed by atoms with van der Waals surface area (Å²) in [7, 11) is 0. The van der Waals surface area contributed by atoms with Crippen molar-refractivity contribution >= 4 is 54.4 Å². The van der Waals surface area contributed by atoms with Crippen molar-refractivity contribution in [3.05, 3.63) is 177 Å². The fourth-order valence-corrected chi connectivity index (χ4v) is 11.2. The van der Waals surface area contributed by atoms with Crippen LogP contribution in [-0.2, 0) is 76.9 Å². The van der Waals surface area contributed by atoms with Crippen LogP contribution in [0.1, 0.15) is 182 Å². The molecule has 0 atom stereocenters. The average molecular weight is 1490 g/mol. The summed E-state index contributed by atoms with van der Waals surface area (Å²) in [4.78, 5) is 32.3. The summed E-state index contributed by atoms with van der Waals surface area (Å²) in [5.74, 6) is -0.125. The van der Waals surface area contributed by atoms with E-state index in [9.17, 15) is 9.59 Å². The number of rotatable bonds is 6. The molecule has 8 aromatic rings. The van der Waals surface area contributed by atoms with Crippen LogP contribution >= 0.6 is 22.7 Å². The van der Waals surface area contributed by atoms with E-state index in [1.807, 2.05) is 35.1 Å². The molecule has 0 aliphatic heterocycles. The number of nitrogens with zero attached hydrogens (tertiary/aromatic N) is 2. The fraction of sp³-hybridized carbons (Fsp3) is 0.389. The molecule has 0 aliphatic rings. The van der Waals surface area contributed by atoms with E-state index >= 15 is 0 Å². The van der Waals surface area contributed by atoms with Crippen molar-refractivity contribution in [1.29, 1.82) is 0 Å². The molecule has 0 bridgehead atoms. The summed E-state index contributed by atoms with van der Waals surface area (Å²) >= 11 is 3.66. The van der Waals surface area contributed by atoms with Gasteiger partial charge in [-0.1, -0.05) is 148 Å². The van der Waals surface area contributed by atoms with Crippen LogP contribution in [0, 0.1) is 39.8 Å². The Labute approximate surface area is 527 Å². The second kappa shape index (κ2) is 28.1. The van der Waals surface area contributed by atoms with Gasteiger partial charge >= 0.3 is 0 Å². The number of benzene rings is 4. The minimum Gasteiger partial charge on any atom is -0.512 e. The van der Waals surface area contributed by atoms with Gasteiger partial charge in [-0.05, 0) is 154 Å². The molecule has 0 fully saturated rings. The maximum absolute atomic E-state index is 10.0. The first kappa shape index (κ1) is 71.1. The zero-order valence-corrected chi connectivity index (χ0v) is 59.3. The first-order valence-corrected chi connectivity index (χ1v) is 29.3. The van der Waals surface area contributed by atoms with Gasteiger partial charge in [-0.25, -0.2) is 0 Å². The monoisotopic (exact) mass is 1490 g/mol. The van der Waals surface area contributed by atoms with Crippen LogP contribution in [0.15, 0.2) is 115 Å². The molecule has 0 spiro atoms. The van der Waals surface area contributed by atoms with Gasteiger partial charge in [0.25, 0.3) is 0 Å². The number of aliphatic hydroxyl groups is 2. The summed E-state index contributed by atoms with van der Waals surface area (Å²) in [6.45, 7) is 48.5. The molecule has 442 valence electrons. The zero-order chi connectivity index (χ0) is 60.2. The second-order valence-corrected chi connectivity index (χ2v) is 28.9. The number of carbonyl (C=O) groups excluding carboxylic acids is 2. The number of allylic oxidation sites excluding steroid dienone is 4. The van der Waals surface area contributed by atoms with Gasteiger partial charge in [0.2, 0.25) is 0 Å². The van der Waals surface area contributed by atoms with Gasteiger partial charge in [0, 0.05) is 74.5 Å². The summed E-state index contributed by atoms with van der Waals surface area (Å²) in [5.41, 5.74) is 19.2. The third-order valence-electron chi connectivity index (χ3n) is 13.5. The van der Waals surface area contributed by atoms with Crippen molar-refractivity contribution in [2.75, 3.05) is 0 Å². The molecular weight excluding hydrogens is 1410 g/mol. The molecule has 0 saturated heterocycles. The molecule has 8 rings (SSSR count). The molecule has 0 saturated carbocycles. The fourth-order valence-electron chi connectivity index (χ4n) is 9.03. The predicted molar refractivity (Wildman–Crippen MR) is 345 cm³/mol. The Bertz CT molecular complexity index is 3520. The largest absolute Gasteiger partial charge is 0.512 e. The quantitative estimate of drug-likeness (QED) is 0.0977. The Morgan fingerprint density at radius 3 is 1.07 bits per heavy atom. The van der Waals surface area contributed by atoms with E-state index < -0.39 is 0 Å². The van der Waals surface area contributed by atoms with Crippen LogP contribution in [0.3, 0.4) is 0 Å².